The van der Waals surface area contributed by atoms with Gasteiger partial charge in [0.05, 0.1) is 16.6 Å². The first-order valence-electron chi connectivity index (χ1n) is 14.8. The molecule has 0 saturated carbocycles. The van der Waals surface area contributed by atoms with Crippen LogP contribution in [0.4, 0.5) is 0 Å². The summed E-state index contributed by atoms with van der Waals surface area (Å²) < 4.78 is 6.60. The van der Waals surface area contributed by atoms with Gasteiger partial charge in [-0.1, -0.05) is 91.0 Å². The smallest absolute Gasteiger partial charge is 0.227 e. The lowest BCUT2D eigenvalue weighted by atomic mass is 9.89. The standard InChI is InChI=1S/C39H21N5O/c1-3-8-22(9-4-1)30-17-16-26(21-41-30)37-42-36(24-10-5-2-6-11-24)43-38(44-37)29-20-25-15-14-23-12-7-13-27-28-18-19-40-39-33(28)34(35(29)45-39)32(25)31(23)27/h1-21H. The Morgan fingerprint density at radius 1 is 0.467 bits per heavy atom. The number of hydrogen-bond donors (Lipinski definition) is 0. The maximum absolute atomic E-state index is 6.60. The van der Waals surface area contributed by atoms with Gasteiger partial charge in [-0.25, -0.2) is 19.9 Å². The quantitative estimate of drug-likeness (QED) is 0.154. The van der Waals surface area contributed by atoms with Crippen molar-refractivity contribution in [3.8, 4) is 45.4 Å². The summed E-state index contributed by atoms with van der Waals surface area (Å²) >= 11 is 0. The van der Waals surface area contributed by atoms with Gasteiger partial charge in [0.15, 0.2) is 17.5 Å². The Labute approximate surface area is 256 Å². The lowest BCUT2D eigenvalue weighted by molar-refractivity contribution is 0.655. The highest BCUT2D eigenvalue weighted by Crippen LogP contribution is 2.48. The van der Waals surface area contributed by atoms with Crippen molar-refractivity contribution in [1.82, 2.24) is 24.9 Å². The molecule has 0 amide bonds. The fourth-order valence-electron chi connectivity index (χ4n) is 6.72. The third-order valence-electron chi connectivity index (χ3n) is 8.75. The van der Waals surface area contributed by atoms with Crippen molar-refractivity contribution in [3.05, 3.63) is 128 Å². The van der Waals surface area contributed by atoms with Crippen molar-refractivity contribution >= 4 is 54.4 Å². The van der Waals surface area contributed by atoms with E-state index in [1.807, 2.05) is 73.1 Å². The molecule has 45 heavy (non-hydrogen) atoms. The summed E-state index contributed by atoms with van der Waals surface area (Å²) in [6, 6.07) is 39.2. The fraction of sp³-hybridized carbons (Fsp3) is 0. The van der Waals surface area contributed by atoms with Crippen molar-refractivity contribution in [1.29, 1.82) is 0 Å². The molecule has 0 saturated heterocycles. The Morgan fingerprint density at radius 2 is 1.20 bits per heavy atom. The Kier molecular flexibility index (Phi) is 4.90. The second kappa shape index (κ2) is 9.11. The Balaban J connectivity index is 1.25. The minimum absolute atomic E-state index is 0.535. The van der Waals surface area contributed by atoms with E-state index in [0.717, 1.165) is 55.1 Å². The van der Waals surface area contributed by atoms with Crippen molar-refractivity contribution < 1.29 is 4.42 Å². The first-order chi connectivity index (χ1) is 22.3. The zero-order valence-corrected chi connectivity index (χ0v) is 23.8. The molecule has 6 aromatic carbocycles. The molecule has 0 spiro atoms. The van der Waals surface area contributed by atoms with Gasteiger partial charge in [-0.3, -0.25) is 4.98 Å². The molecule has 6 heteroatoms. The summed E-state index contributed by atoms with van der Waals surface area (Å²) in [5.74, 6) is 1.66. The molecule has 0 fully saturated rings. The minimum Gasteiger partial charge on any atom is -0.437 e. The van der Waals surface area contributed by atoms with E-state index in [0.29, 0.717) is 23.2 Å². The molecule has 0 unspecified atom stereocenters. The number of aromatic nitrogens is 5. The molecular weight excluding hydrogens is 554 g/mol. The molecule has 0 bridgehead atoms. The highest BCUT2D eigenvalue weighted by molar-refractivity contribution is 6.40. The van der Waals surface area contributed by atoms with Gasteiger partial charge in [0.2, 0.25) is 5.71 Å². The lowest BCUT2D eigenvalue weighted by Crippen LogP contribution is -2.01. The van der Waals surface area contributed by atoms with Crippen LogP contribution in [-0.2, 0) is 0 Å². The van der Waals surface area contributed by atoms with Gasteiger partial charge in [0.25, 0.3) is 0 Å². The number of rotatable bonds is 4. The first-order valence-corrected chi connectivity index (χ1v) is 14.8. The second-order valence-electron chi connectivity index (χ2n) is 11.3. The van der Waals surface area contributed by atoms with Gasteiger partial charge in [0, 0.05) is 39.9 Å². The Morgan fingerprint density at radius 3 is 2.00 bits per heavy atom. The van der Waals surface area contributed by atoms with Gasteiger partial charge in [-0.2, -0.15) is 0 Å². The van der Waals surface area contributed by atoms with E-state index in [1.165, 1.54) is 21.5 Å². The van der Waals surface area contributed by atoms with Crippen LogP contribution in [0.3, 0.4) is 0 Å². The number of benzene rings is 6. The van der Waals surface area contributed by atoms with Gasteiger partial charge >= 0.3 is 0 Å². The third-order valence-corrected chi connectivity index (χ3v) is 8.75. The normalized spacial score (nSPS) is 12.0. The van der Waals surface area contributed by atoms with E-state index < -0.39 is 0 Å². The Hall–Kier alpha value is -6.27. The van der Waals surface area contributed by atoms with Crippen LogP contribution < -0.4 is 0 Å². The topological polar surface area (TPSA) is 77.6 Å². The Bertz CT molecular complexity index is 2680. The molecule has 0 radical (unpaired) electrons. The first kappa shape index (κ1) is 24.2. The molecule has 0 aliphatic rings. The molecular formula is C39H21N5O. The van der Waals surface area contributed by atoms with Crippen LogP contribution in [0, 0.1) is 0 Å². The molecule has 208 valence electrons. The van der Waals surface area contributed by atoms with Crippen LogP contribution in [0.2, 0.25) is 0 Å². The summed E-state index contributed by atoms with van der Waals surface area (Å²) in [5.41, 5.74) is 5.79. The molecule has 6 nitrogen and oxygen atoms in total. The van der Waals surface area contributed by atoms with Crippen LogP contribution in [-0.4, -0.2) is 24.9 Å². The molecule has 4 heterocycles. The molecule has 0 aliphatic carbocycles. The largest absolute Gasteiger partial charge is 0.437 e. The van der Waals surface area contributed by atoms with Gasteiger partial charge in [-0.05, 0) is 51.2 Å². The van der Waals surface area contributed by atoms with E-state index in [1.54, 1.807) is 0 Å². The van der Waals surface area contributed by atoms with Gasteiger partial charge in [0.1, 0.15) is 5.58 Å². The molecule has 0 N–H and O–H groups in total. The summed E-state index contributed by atoms with van der Waals surface area (Å²) in [5, 5.41) is 9.14. The van der Waals surface area contributed by atoms with Crippen LogP contribution in [0.5, 0.6) is 0 Å². The average Bonchev–Trinajstić information content (AvgIpc) is 3.51. The zero-order valence-electron chi connectivity index (χ0n) is 23.8. The van der Waals surface area contributed by atoms with Crippen LogP contribution in [0.15, 0.2) is 132 Å². The highest BCUT2D eigenvalue weighted by atomic mass is 16.3. The number of furan rings is 1. The monoisotopic (exact) mass is 575 g/mol. The maximum atomic E-state index is 6.60. The van der Waals surface area contributed by atoms with E-state index >= 15 is 0 Å². The molecule has 10 aromatic rings. The predicted octanol–water partition coefficient (Wildman–Crippen LogP) is 9.56. The fourth-order valence-corrected chi connectivity index (χ4v) is 6.72. The average molecular weight is 576 g/mol. The highest BCUT2D eigenvalue weighted by Gasteiger charge is 2.25. The van der Waals surface area contributed by atoms with Crippen LogP contribution in [0.1, 0.15) is 0 Å². The molecule has 10 rings (SSSR count). The minimum atomic E-state index is 0.535. The SMILES string of the molecule is c1ccc(-c2ccc(-c3nc(-c4ccccc4)nc(-c4cc5ccc6cccc7c8ccnc9oc4c(c98)c5c67)n3)cn2)cc1. The zero-order chi connectivity index (χ0) is 29.5. The van der Waals surface area contributed by atoms with E-state index in [2.05, 4.69) is 59.6 Å². The van der Waals surface area contributed by atoms with Crippen molar-refractivity contribution in [3.63, 3.8) is 0 Å². The van der Waals surface area contributed by atoms with E-state index in [-0.39, 0.29) is 0 Å². The van der Waals surface area contributed by atoms with Gasteiger partial charge < -0.3 is 4.42 Å². The van der Waals surface area contributed by atoms with Gasteiger partial charge in [-0.15, -0.1) is 0 Å². The second-order valence-corrected chi connectivity index (χ2v) is 11.3. The van der Waals surface area contributed by atoms with E-state index in [4.69, 9.17) is 24.4 Å². The number of pyridine rings is 2. The summed E-state index contributed by atoms with van der Waals surface area (Å²) in [4.78, 5) is 24.4. The van der Waals surface area contributed by atoms with Crippen molar-refractivity contribution in [2.75, 3.05) is 0 Å². The van der Waals surface area contributed by atoms with Crippen LogP contribution >= 0.6 is 0 Å². The number of fused-ring (bicyclic) bond motifs is 1. The van der Waals surface area contributed by atoms with Crippen molar-refractivity contribution in [2.45, 2.75) is 0 Å². The lowest BCUT2D eigenvalue weighted by Gasteiger charge is -2.14. The maximum Gasteiger partial charge on any atom is 0.227 e. The molecule has 4 aromatic heterocycles. The number of nitrogens with zero attached hydrogens (tertiary/aromatic N) is 5. The molecule has 0 aliphatic heterocycles. The summed E-state index contributed by atoms with van der Waals surface area (Å²) in [6.07, 6.45) is 3.65. The third kappa shape index (κ3) is 3.53. The summed E-state index contributed by atoms with van der Waals surface area (Å²) in [7, 11) is 0. The summed E-state index contributed by atoms with van der Waals surface area (Å²) in [6.45, 7) is 0. The van der Waals surface area contributed by atoms with E-state index in [9.17, 15) is 0 Å². The number of hydrogen-bond acceptors (Lipinski definition) is 6. The van der Waals surface area contributed by atoms with Crippen LogP contribution in [0.25, 0.3) is 99.8 Å². The van der Waals surface area contributed by atoms with Crippen molar-refractivity contribution in [2.24, 2.45) is 0 Å². The molecule has 0 atom stereocenters. The predicted molar refractivity (Wildman–Crippen MR) is 179 cm³/mol.